The summed E-state index contributed by atoms with van der Waals surface area (Å²) in [4.78, 5) is 4.52. The quantitative estimate of drug-likeness (QED) is 0.875. The van der Waals surface area contributed by atoms with Crippen molar-refractivity contribution < 1.29 is 9.84 Å². The normalized spacial score (nSPS) is 18.2. The van der Waals surface area contributed by atoms with Gasteiger partial charge in [-0.2, -0.15) is 0 Å². The number of hydrogen-bond acceptors (Lipinski definition) is 3. The summed E-state index contributed by atoms with van der Waals surface area (Å²) in [6.45, 7) is 0.522. The van der Waals surface area contributed by atoms with Crippen molar-refractivity contribution in [2.75, 3.05) is 6.61 Å². The highest BCUT2D eigenvalue weighted by Crippen LogP contribution is 2.27. The maximum absolute atomic E-state index is 9.77. The van der Waals surface area contributed by atoms with Crippen LogP contribution in [0.1, 0.15) is 17.2 Å². The van der Waals surface area contributed by atoms with Crippen LogP contribution in [0.2, 0.25) is 0 Å². The molecule has 2 aromatic rings. The van der Waals surface area contributed by atoms with Gasteiger partial charge in [-0.3, -0.25) is 0 Å². The van der Waals surface area contributed by atoms with Crippen molar-refractivity contribution in [3.63, 3.8) is 0 Å². The Labute approximate surface area is 105 Å². The molecule has 0 saturated heterocycles. The van der Waals surface area contributed by atoms with E-state index >= 15 is 0 Å². The van der Waals surface area contributed by atoms with Gasteiger partial charge in [-0.15, -0.1) is 0 Å². The topological polar surface area (TPSA) is 41.8 Å². The van der Waals surface area contributed by atoms with E-state index in [1.807, 2.05) is 42.5 Å². The molecule has 0 fully saturated rings. The molecule has 1 N–H and O–H groups in total. The first-order valence-corrected chi connectivity index (χ1v) is 5.88. The second kappa shape index (κ2) is 4.53. The summed E-state index contributed by atoms with van der Waals surface area (Å²) in [7, 11) is 0. The first-order chi connectivity index (χ1) is 8.84. The third-order valence-corrected chi connectivity index (χ3v) is 2.97. The zero-order chi connectivity index (χ0) is 12.4. The van der Waals surface area contributed by atoms with Gasteiger partial charge in [0.05, 0.1) is 5.56 Å². The van der Waals surface area contributed by atoms with Crippen LogP contribution >= 0.6 is 0 Å². The lowest BCUT2D eigenvalue weighted by atomic mass is 10.1. The fourth-order valence-electron chi connectivity index (χ4n) is 2.02. The first kappa shape index (κ1) is 10.8. The van der Waals surface area contributed by atoms with Crippen LogP contribution in [0, 0.1) is 0 Å². The van der Waals surface area contributed by atoms with Gasteiger partial charge >= 0.3 is 0 Å². The van der Waals surface area contributed by atoms with Gasteiger partial charge in [-0.1, -0.05) is 42.5 Å². The predicted molar refractivity (Wildman–Crippen MR) is 69.8 cm³/mol. The standard InChI is InChI=1S/C15H13NO2/c17-14-9-5-4-8-12(14)15-16-13(10-18-15)11-6-2-1-3-7-11/h1-9,13,17H,10H2/t13-/m0/s1. The highest BCUT2D eigenvalue weighted by molar-refractivity contribution is 5.97. The number of aliphatic imine (C=N–C) groups is 1. The molecule has 0 saturated carbocycles. The lowest BCUT2D eigenvalue weighted by Crippen LogP contribution is -2.01. The molecule has 0 aliphatic carbocycles. The van der Waals surface area contributed by atoms with Crippen molar-refractivity contribution >= 4 is 5.90 Å². The van der Waals surface area contributed by atoms with Crippen molar-refractivity contribution in [2.24, 2.45) is 4.99 Å². The molecule has 90 valence electrons. The Morgan fingerprint density at radius 2 is 1.72 bits per heavy atom. The van der Waals surface area contributed by atoms with Gasteiger partial charge < -0.3 is 9.84 Å². The third kappa shape index (κ3) is 1.95. The van der Waals surface area contributed by atoms with Gasteiger partial charge in [0, 0.05) is 0 Å². The molecule has 0 spiro atoms. The Kier molecular flexibility index (Phi) is 2.73. The predicted octanol–water partition coefficient (Wildman–Crippen LogP) is 2.91. The van der Waals surface area contributed by atoms with E-state index in [0.29, 0.717) is 18.1 Å². The minimum Gasteiger partial charge on any atom is -0.507 e. The van der Waals surface area contributed by atoms with Gasteiger partial charge in [-0.05, 0) is 17.7 Å². The van der Waals surface area contributed by atoms with Gasteiger partial charge in [0.15, 0.2) is 0 Å². The van der Waals surface area contributed by atoms with Crippen LogP contribution in [-0.4, -0.2) is 17.6 Å². The van der Waals surface area contributed by atoms with E-state index in [1.54, 1.807) is 12.1 Å². The Balaban J connectivity index is 1.91. The van der Waals surface area contributed by atoms with Gasteiger partial charge in [-0.25, -0.2) is 4.99 Å². The molecule has 18 heavy (non-hydrogen) atoms. The van der Waals surface area contributed by atoms with E-state index in [1.165, 1.54) is 0 Å². The van der Waals surface area contributed by atoms with E-state index in [4.69, 9.17) is 4.74 Å². The van der Waals surface area contributed by atoms with Gasteiger partial charge in [0.25, 0.3) is 0 Å². The number of ether oxygens (including phenoxy) is 1. The van der Waals surface area contributed by atoms with Crippen molar-refractivity contribution in [3.8, 4) is 5.75 Å². The van der Waals surface area contributed by atoms with Crippen LogP contribution in [0.25, 0.3) is 0 Å². The summed E-state index contributed by atoms with van der Waals surface area (Å²) in [5.41, 5.74) is 1.78. The highest BCUT2D eigenvalue weighted by Gasteiger charge is 2.22. The number of rotatable bonds is 2. The number of nitrogens with zero attached hydrogens (tertiary/aromatic N) is 1. The van der Waals surface area contributed by atoms with E-state index in [0.717, 1.165) is 5.56 Å². The smallest absolute Gasteiger partial charge is 0.220 e. The van der Waals surface area contributed by atoms with E-state index in [-0.39, 0.29) is 11.8 Å². The van der Waals surface area contributed by atoms with Crippen molar-refractivity contribution in [1.29, 1.82) is 0 Å². The fraction of sp³-hybridized carbons (Fsp3) is 0.133. The van der Waals surface area contributed by atoms with Crippen molar-refractivity contribution in [3.05, 3.63) is 65.7 Å². The summed E-state index contributed by atoms with van der Waals surface area (Å²) in [5.74, 6) is 0.715. The number of hydrogen-bond donors (Lipinski definition) is 1. The van der Waals surface area contributed by atoms with Crippen molar-refractivity contribution in [2.45, 2.75) is 6.04 Å². The lowest BCUT2D eigenvalue weighted by molar-refractivity contribution is 0.318. The summed E-state index contributed by atoms with van der Waals surface area (Å²) in [6, 6.07) is 17.1. The van der Waals surface area contributed by atoms with Crippen LogP contribution < -0.4 is 0 Å². The molecule has 1 aliphatic rings. The Hall–Kier alpha value is -2.29. The number of aromatic hydroxyl groups is 1. The molecule has 0 bridgehead atoms. The molecule has 0 aromatic heterocycles. The molecule has 1 aliphatic heterocycles. The second-order valence-corrected chi connectivity index (χ2v) is 4.19. The number of para-hydroxylation sites is 1. The summed E-state index contributed by atoms with van der Waals surface area (Å²) in [6.07, 6.45) is 0. The van der Waals surface area contributed by atoms with Crippen LogP contribution in [0.15, 0.2) is 59.6 Å². The fourth-order valence-corrected chi connectivity index (χ4v) is 2.02. The highest BCUT2D eigenvalue weighted by atomic mass is 16.5. The maximum atomic E-state index is 9.77. The number of phenols is 1. The Morgan fingerprint density at radius 3 is 2.50 bits per heavy atom. The van der Waals surface area contributed by atoms with E-state index < -0.39 is 0 Å². The molecular weight excluding hydrogens is 226 g/mol. The molecular formula is C15H13NO2. The van der Waals surface area contributed by atoms with E-state index in [2.05, 4.69) is 4.99 Å². The molecule has 3 heteroatoms. The molecule has 2 aromatic carbocycles. The first-order valence-electron chi connectivity index (χ1n) is 5.88. The molecule has 0 unspecified atom stereocenters. The van der Waals surface area contributed by atoms with Crippen LogP contribution in [0.4, 0.5) is 0 Å². The minimum atomic E-state index is 0.0146. The third-order valence-electron chi connectivity index (χ3n) is 2.97. The molecule has 3 nitrogen and oxygen atoms in total. The van der Waals surface area contributed by atoms with Gasteiger partial charge in [0.2, 0.25) is 5.90 Å². The molecule has 1 atom stereocenters. The van der Waals surface area contributed by atoms with E-state index in [9.17, 15) is 5.11 Å². The zero-order valence-corrected chi connectivity index (χ0v) is 9.78. The number of phenolic OH excluding ortho intramolecular Hbond substituents is 1. The monoisotopic (exact) mass is 239 g/mol. The molecule has 3 rings (SSSR count). The number of benzene rings is 2. The average Bonchev–Trinajstić information content (AvgIpc) is 2.90. The van der Waals surface area contributed by atoms with Gasteiger partial charge in [0.1, 0.15) is 18.4 Å². The average molecular weight is 239 g/mol. The van der Waals surface area contributed by atoms with Crippen LogP contribution in [-0.2, 0) is 4.74 Å². The zero-order valence-electron chi connectivity index (χ0n) is 9.78. The molecule has 0 amide bonds. The minimum absolute atomic E-state index is 0.0146. The summed E-state index contributed by atoms with van der Waals surface area (Å²) in [5, 5.41) is 9.77. The Bertz CT molecular complexity index is 578. The largest absolute Gasteiger partial charge is 0.507 e. The SMILES string of the molecule is Oc1ccccc1C1=N[C@H](c2ccccc2)CO1. The maximum Gasteiger partial charge on any atom is 0.220 e. The Morgan fingerprint density at radius 1 is 1.00 bits per heavy atom. The summed E-state index contributed by atoms with van der Waals surface area (Å²) >= 11 is 0. The lowest BCUT2D eigenvalue weighted by Gasteiger charge is -2.03. The van der Waals surface area contributed by atoms with Crippen LogP contribution in [0.5, 0.6) is 5.75 Å². The van der Waals surface area contributed by atoms with Crippen molar-refractivity contribution in [1.82, 2.24) is 0 Å². The second-order valence-electron chi connectivity index (χ2n) is 4.19. The summed E-state index contributed by atoms with van der Waals surface area (Å²) < 4.78 is 5.58. The molecule has 0 radical (unpaired) electrons. The molecule has 1 heterocycles. The van der Waals surface area contributed by atoms with Crippen LogP contribution in [0.3, 0.4) is 0 Å².